The molecule has 5 aromatic rings. The lowest BCUT2D eigenvalue weighted by Crippen LogP contribution is -2.45. The third kappa shape index (κ3) is 9.95. The minimum atomic E-state index is -0.532. The van der Waals surface area contributed by atoms with E-state index in [1.165, 1.54) is 32.1 Å². The number of amides is 2. The van der Waals surface area contributed by atoms with Crippen LogP contribution in [0.25, 0.3) is 11.1 Å². The number of hydrogen-bond donors (Lipinski definition) is 3. The maximum absolute atomic E-state index is 12.8. The van der Waals surface area contributed by atoms with E-state index in [1.54, 1.807) is 0 Å². The van der Waals surface area contributed by atoms with Gasteiger partial charge in [-0.05, 0) is 102 Å². The van der Waals surface area contributed by atoms with Gasteiger partial charge in [0.2, 0.25) is 0 Å². The predicted molar refractivity (Wildman–Crippen MR) is 213 cm³/mol. The van der Waals surface area contributed by atoms with E-state index in [0.29, 0.717) is 18.0 Å². The number of rotatable bonds is 11. The summed E-state index contributed by atoms with van der Waals surface area (Å²) in [6, 6.07) is 41.3. The van der Waals surface area contributed by atoms with Gasteiger partial charge in [-0.15, -0.1) is 0 Å². The van der Waals surface area contributed by atoms with Crippen LogP contribution in [0, 0.1) is 5.92 Å². The number of nitrogens with zero attached hydrogens (tertiary/aromatic N) is 1. The van der Waals surface area contributed by atoms with Gasteiger partial charge in [0.25, 0.3) is 0 Å². The smallest absolute Gasteiger partial charge is 0.319 e. The molecule has 2 aliphatic rings. The number of carbonyl (C=O) groups excluding carboxylic acids is 1. The summed E-state index contributed by atoms with van der Waals surface area (Å²) in [7, 11) is 0. The van der Waals surface area contributed by atoms with Gasteiger partial charge >= 0.3 is 6.03 Å². The summed E-state index contributed by atoms with van der Waals surface area (Å²) >= 11 is 0. The number of benzene rings is 5. The maximum Gasteiger partial charge on any atom is 0.319 e. The molecule has 0 bridgehead atoms. The average Bonchev–Trinajstić information content (AvgIpc) is 3.20. The molecule has 3 N–H and O–H groups in total. The second-order valence-corrected chi connectivity index (χ2v) is 14.5. The van der Waals surface area contributed by atoms with Crippen LogP contribution < -0.4 is 15.4 Å². The van der Waals surface area contributed by atoms with Crippen LogP contribution in [0.15, 0.2) is 127 Å². The minimum Gasteiger partial charge on any atom is -0.457 e. The lowest BCUT2D eigenvalue weighted by molar-refractivity contribution is -0.276. The van der Waals surface area contributed by atoms with Gasteiger partial charge in [0.15, 0.2) is 6.29 Å². The fourth-order valence-electron chi connectivity index (χ4n) is 7.39. The Labute approximate surface area is 319 Å². The Kier molecular flexibility index (Phi) is 12.7. The van der Waals surface area contributed by atoms with E-state index in [1.807, 2.05) is 78.9 Å². The van der Waals surface area contributed by atoms with Crippen LogP contribution in [0.2, 0.25) is 0 Å². The molecule has 2 amide bonds. The fraction of sp³-hybridized carbons (Fsp3) is 0.326. The van der Waals surface area contributed by atoms with Crippen LogP contribution >= 0.6 is 0 Å². The SMILES string of the molecule is C[C@H]1[C@@H](CN2CCCCCCC2)O[C@@H](c2cccc(-c3cccc(CNC(=O)Nc4ccc(Oc5ccccc5)cc4)c3)c2)O[C@H]1c1ccc(CO)cc1. The standard InChI is InChI=1S/C46H51N3O5/c1-33-43(31-49-26-8-3-2-4-9-27-49)53-45(54-44(33)36-20-18-34(32-50)19-21-36)39-15-11-14-38(29-39)37-13-10-12-35(28-37)30-47-46(51)48-40-22-24-42(25-23-40)52-41-16-6-5-7-17-41/h5-7,10-25,28-29,33,43-45,50H,2-4,8-9,26-27,30-32H2,1H3,(H2,47,48,51)/t33-,43+,44+,45+/m0/s1. The molecule has 8 heteroatoms. The Balaban J connectivity index is 1.02. The van der Waals surface area contributed by atoms with Gasteiger partial charge in [-0.2, -0.15) is 0 Å². The van der Waals surface area contributed by atoms with Crippen molar-refractivity contribution in [1.29, 1.82) is 0 Å². The second-order valence-electron chi connectivity index (χ2n) is 14.5. The van der Waals surface area contributed by atoms with E-state index in [-0.39, 0.29) is 30.8 Å². The number of likely N-dealkylation sites (tertiary alicyclic amines) is 1. The van der Waals surface area contributed by atoms with Crippen molar-refractivity contribution in [2.24, 2.45) is 5.92 Å². The maximum atomic E-state index is 12.8. The third-order valence-corrected chi connectivity index (χ3v) is 10.5. The van der Waals surface area contributed by atoms with Crippen molar-refractivity contribution in [3.8, 4) is 22.6 Å². The number of aliphatic hydroxyl groups excluding tert-OH is 1. The number of hydrogen-bond acceptors (Lipinski definition) is 6. The van der Waals surface area contributed by atoms with Gasteiger partial charge in [0.1, 0.15) is 11.5 Å². The first-order chi connectivity index (χ1) is 26.5. The number of aliphatic hydroxyl groups is 1. The molecule has 2 heterocycles. The summed E-state index contributed by atoms with van der Waals surface area (Å²) in [5.41, 5.74) is 6.71. The van der Waals surface area contributed by atoms with Gasteiger partial charge in [-0.25, -0.2) is 4.79 Å². The molecule has 54 heavy (non-hydrogen) atoms. The largest absolute Gasteiger partial charge is 0.457 e. The molecule has 4 atom stereocenters. The zero-order valence-electron chi connectivity index (χ0n) is 31.0. The topological polar surface area (TPSA) is 92.3 Å². The van der Waals surface area contributed by atoms with Gasteiger partial charge in [0.05, 0.1) is 18.8 Å². The highest BCUT2D eigenvalue weighted by Gasteiger charge is 2.39. The molecule has 7 rings (SSSR count). The molecule has 0 radical (unpaired) electrons. The van der Waals surface area contributed by atoms with Crippen molar-refractivity contribution < 1.29 is 24.1 Å². The average molecular weight is 726 g/mol. The highest BCUT2D eigenvalue weighted by molar-refractivity contribution is 5.89. The van der Waals surface area contributed by atoms with Crippen molar-refractivity contribution in [3.63, 3.8) is 0 Å². The number of para-hydroxylation sites is 1. The molecule has 0 aliphatic carbocycles. The summed E-state index contributed by atoms with van der Waals surface area (Å²) in [6.45, 7) is 5.72. The zero-order valence-corrected chi connectivity index (χ0v) is 31.0. The van der Waals surface area contributed by atoms with Crippen LogP contribution in [-0.4, -0.2) is 41.8 Å². The normalized spacial score (nSPS) is 20.7. The molecule has 8 nitrogen and oxygen atoms in total. The van der Waals surface area contributed by atoms with E-state index >= 15 is 0 Å². The lowest BCUT2D eigenvalue weighted by atomic mass is 9.89. The van der Waals surface area contributed by atoms with E-state index in [2.05, 4.69) is 71.0 Å². The minimum absolute atomic E-state index is 0.00420. The first-order valence-corrected chi connectivity index (χ1v) is 19.3. The molecule has 0 spiro atoms. The van der Waals surface area contributed by atoms with Gasteiger partial charge < -0.3 is 34.9 Å². The Hall–Kier alpha value is -4.99. The van der Waals surface area contributed by atoms with Crippen molar-refractivity contribution in [1.82, 2.24) is 10.2 Å². The number of anilines is 1. The Morgan fingerprint density at radius 1 is 0.722 bits per heavy atom. The van der Waals surface area contributed by atoms with Crippen LogP contribution in [0.1, 0.15) is 73.7 Å². The molecular weight excluding hydrogens is 675 g/mol. The molecule has 0 saturated carbocycles. The van der Waals surface area contributed by atoms with Crippen LogP contribution in [0.5, 0.6) is 11.5 Å². The lowest BCUT2D eigenvalue weighted by Gasteiger charge is -2.43. The molecule has 280 valence electrons. The van der Waals surface area contributed by atoms with Crippen molar-refractivity contribution >= 4 is 11.7 Å². The highest BCUT2D eigenvalue weighted by Crippen LogP contribution is 2.42. The van der Waals surface area contributed by atoms with E-state index in [4.69, 9.17) is 14.2 Å². The first kappa shape index (κ1) is 37.3. The van der Waals surface area contributed by atoms with Crippen LogP contribution in [0.4, 0.5) is 10.5 Å². The third-order valence-electron chi connectivity index (χ3n) is 10.5. The summed E-state index contributed by atoms with van der Waals surface area (Å²) < 4.78 is 19.5. The van der Waals surface area contributed by atoms with Crippen LogP contribution in [0.3, 0.4) is 0 Å². The second kappa shape index (κ2) is 18.4. The van der Waals surface area contributed by atoms with E-state index < -0.39 is 6.29 Å². The highest BCUT2D eigenvalue weighted by atomic mass is 16.7. The zero-order chi connectivity index (χ0) is 37.1. The number of ether oxygens (including phenoxy) is 3. The molecule has 2 saturated heterocycles. The Morgan fingerprint density at radius 2 is 1.41 bits per heavy atom. The van der Waals surface area contributed by atoms with E-state index in [0.717, 1.165) is 58.8 Å². The molecule has 5 aromatic carbocycles. The summed E-state index contributed by atoms with van der Waals surface area (Å²) in [5, 5.41) is 15.5. The molecule has 0 aromatic heterocycles. The van der Waals surface area contributed by atoms with E-state index in [9.17, 15) is 9.90 Å². The molecular formula is C46H51N3O5. The van der Waals surface area contributed by atoms with Crippen molar-refractivity contribution in [2.45, 2.75) is 70.7 Å². The summed E-state index contributed by atoms with van der Waals surface area (Å²) in [4.78, 5) is 15.4. The van der Waals surface area contributed by atoms with Crippen molar-refractivity contribution in [2.75, 3.05) is 25.0 Å². The van der Waals surface area contributed by atoms with Gasteiger partial charge in [-0.3, -0.25) is 0 Å². The summed E-state index contributed by atoms with van der Waals surface area (Å²) in [5.74, 6) is 1.60. The Bertz CT molecular complexity index is 1930. The Morgan fingerprint density at radius 3 is 2.15 bits per heavy atom. The summed E-state index contributed by atoms with van der Waals surface area (Å²) in [6.07, 6.45) is 5.69. The number of nitrogens with one attached hydrogen (secondary N) is 2. The predicted octanol–water partition coefficient (Wildman–Crippen LogP) is 10.0. The van der Waals surface area contributed by atoms with Gasteiger partial charge in [-0.1, -0.05) is 105 Å². The van der Waals surface area contributed by atoms with Crippen molar-refractivity contribution in [3.05, 3.63) is 150 Å². The van der Waals surface area contributed by atoms with Crippen LogP contribution in [-0.2, 0) is 22.6 Å². The fourth-order valence-corrected chi connectivity index (χ4v) is 7.39. The van der Waals surface area contributed by atoms with Gasteiger partial charge in [0, 0.05) is 30.3 Å². The number of urea groups is 1. The first-order valence-electron chi connectivity index (χ1n) is 19.3. The monoisotopic (exact) mass is 725 g/mol. The molecule has 2 aliphatic heterocycles. The molecule has 0 unspecified atom stereocenters. The number of carbonyl (C=O) groups is 1. The quantitative estimate of drug-likeness (QED) is 0.126. The molecule has 2 fully saturated rings.